The smallest absolute Gasteiger partial charge is 0.101 e. The van der Waals surface area contributed by atoms with Gasteiger partial charge in [-0.05, 0) is 33.5 Å². The molecule has 0 bridgehead atoms. The van der Waals surface area contributed by atoms with Gasteiger partial charge in [0, 0.05) is 19.0 Å². The maximum absolute atomic E-state index is 10.6. The van der Waals surface area contributed by atoms with Crippen molar-refractivity contribution in [1.82, 2.24) is 20.0 Å². The van der Waals surface area contributed by atoms with Gasteiger partial charge in [-0.3, -0.25) is 4.68 Å². The van der Waals surface area contributed by atoms with E-state index in [2.05, 4.69) is 15.3 Å². The fourth-order valence-corrected chi connectivity index (χ4v) is 2.76. The number of hydrogen-bond acceptors (Lipinski definition) is 4. The highest BCUT2D eigenvalue weighted by Crippen LogP contribution is 2.31. The zero-order chi connectivity index (χ0) is 13.8. The maximum atomic E-state index is 10.6. The van der Waals surface area contributed by atoms with Gasteiger partial charge in [0.25, 0.3) is 0 Å². The summed E-state index contributed by atoms with van der Waals surface area (Å²) in [6.45, 7) is 3.50. The Kier molecular flexibility index (Phi) is 5.21. The second-order valence-corrected chi connectivity index (χ2v) is 5.86. The molecule has 1 aliphatic heterocycles. The number of hydrogen-bond donors (Lipinski definition) is 2. The minimum Gasteiger partial charge on any atom is -0.386 e. The van der Waals surface area contributed by atoms with Crippen LogP contribution >= 0.6 is 11.6 Å². The Labute approximate surface area is 119 Å². The largest absolute Gasteiger partial charge is 0.386 e. The molecule has 1 fully saturated rings. The second kappa shape index (κ2) is 6.70. The molecule has 0 aliphatic carbocycles. The summed E-state index contributed by atoms with van der Waals surface area (Å²) >= 11 is 6.20. The lowest BCUT2D eigenvalue weighted by Crippen LogP contribution is -2.34. The fourth-order valence-electron chi connectivity index (χ4n) is 2.51. The minimum atomic E-state index is -0.537. The van der Waals surface area contributed by atoms with E-state index in [1.165, 1.54) is 0 Å². The van der Waals surface area contributed by atoms with Crippen LogP contribution in [0.2, 0.25) is 5.02 Å². The Morgan fingerprint density at radius 3 is 3.05 bits per heavy atom. The standard InChI is InChI=1S/C13H23ClN4O/c1-17(2)6-7-18-12(11(14)9-16-18)13(19)10-4-3-5-15-8-10/h9-10,13,15,19H,3-8H2,1-2H3. The van der Waals surface area contributed by atoms with E-state index in [0.29, 0.717) is 5.02 Å². The number of aliphatic hydroxyl groups excluding tert-OH is 1. The topological polar surface area (TPSA) is 53.3 Å². The molecule has 108 valence electrons. The SMILES string of the molecule is CN(C)CCn1ncc(Cl)c1C(O)C1CCCNC1. The van der Waals surface area contributed by atoms with Gasteiger partial charge in [0.05, 0.1) is 23.5 Å². The van der Waals surface area contributed by atoms with Crippen molar-refractivity contribution in [2.24, 2.45) is 5.92 Å². The molecular formula is C13H23ClN4O. The van der Waals surface area contributed by atoms with E-state index in [-0.39, 0.29) is 5.92 Å². The van der Waals surface area contributed by atoms with E-state index < -0.39 is 6.10 Å². The van der Waals surface area contributed by atoms with Crippen molar-refractivity contribution >= 4 is 11.6 Å². The molecule has 5 nitrogen and oxygen atoms in total. The molecule has 2 unspecified atom stereocenters. The number of rotatable bonds is 5. The lowest BCUT2D eigenvalue weighted by Gasteiger charge is -2.28. The Bertz CT molecular complexity index is 401. The van der Waals surface area contributed by atoms with E-state index in [4.69, 9.17) is 11.6 Å². The van der Waals surface area contributed by atoms with Crippen molar-refractivity contribution in [3.8, 4) is 0 Å². The lowest BCUT2D eigenvalue weighted by atomic mass is 9.92. The van der Waals surface area contributed by atoms with Gasteiger partial charge in [-0.15, -0.1) is 0 Å². The molecule has 1 saturated heterocycles. The molecule has 1 aliphatic rings. The zero-order valence-electron chi connectivity index (χ0n) is 11.6. The fraction of sp³-hybridized carbons (Fsp3) is 0.769. The highest BCUT2D eigenvalue weighted by molar-refractivity contribution is 6.31. The summed E-state index contributed by atoms with van der Waals surface area (Å²) in [7, 11) is 4.04. The molecule has 2 N–H and O–H groups in total. The van der Waals surface area contributed by atoms with E-state index in [9.17, 15) is 5.11 Å². The summed E-state index contributed by atoms with van der Waals surface area (Å²) in [5, 5.41) is 18.7. The molecule has 0 radical (unpaired) electrons. The van der Waals surface area contributed by atoms with Crippen molar-refractivity contribution < 1.29 is 5.11 Å². The normalized spacial score (nSPS) is 21.8. The first-order valence-electron chi connectivity index (χ1n) is 6.84. The summed E-state index contributed by atoms with van der Waals surface area (Å²) in [5.41, 5.74) is 0.761. The van der Waals surface area contributed by atoms with Gasteiger partial charge < -0.3 is 15.3 Å². The van der Waals surface area contributed by atoms with Crippen LogP contribution in [-0.4, -0.2) is 53.5 Å². The highest BCUT2D eigenvalue weighted by Gasteiger charge is 2.27. The summed E-state index contributed by atoms with van der Waals surface area (Å²) in [4.78, 5) is 2.09. The Morgan fingerprint density at radius 1 is 1.63 bits per heavy atom. The molecule has 2 rings (SSSR count). The first-order valence-corrected chi connectivity index (χ1v) is 7.22. The number of aliphatic hydroxyl groups is 1. The maximum Gasteiger partial charge on any atom is 0.101 e. The van der Waals surface area contributed by atoms with Crippen LogP contribution in [0.1, 0.15) is 24.6 Å². The molecule has 2 atom stereocenters. The molecule has 0 aromatic carbocycles. The molecule has 2 heterocycles. The van der Waals surface area contributed by atoms with Crippen LogP contribution in [0.25, 0.3) is 0 Å². The third-order valence-corrected chi connectivity index (χ3v) is 3.95. The highest BCUT2D eigenvalue weighted by atomic mass is 35.5. The van der Waals surface area contributed by atoms with Crippen LogP contribution in [0.5, 0.6) is 0 Å². The Morgan fingerprint density at radius 2 is 2.42 bits per heavy atom. The Hall–Kier alpha value is -0.620. The van der Waals surface area contributed by atoms with Crippen LogP contribution in [0.3, 0.4) is 0 Å². The van der Waals surface area contributed by atoms with Crippen LogP contribution in [0.15, 0.2) is 6.20 Å². The second-order valence-electron chi connectivity index (χ2n) is 5.46. The van der Waals surface area contributed by atoms with Crippen molar-refractivity contribution in [3.05, 3.63) is 16.9 Å². The van der Waals surface area contributed by atoms with Gasteiger partial charge >= 0.3 is 0 Å². The predicted octanol–water partition coefficient (Wildman–Crippen LogP) is 1.13. The molecule has 19 heavy (non-hydrogen) atoms. The van der Waals surface area contributed by atoms with E-state index in [0.717, 1.165) is 44.7 Å². The number of halogens is 1. The first kappa shape index (κ1) is 14.8. The third kappa shape index (κ3) is 3.69. The van der Waals surface area contributed by atoms with Crippen molar-refractivity contribution in [3.63, 3.8) is 0 Å². The van der Waals surface area contributed by atoms with Crippen LogP contribution < -0.4 is 5.32 Å². The molecule has 6 heteroatoms. The molecular weight excluding hydrogens is 264 g/mol. The zero-order valence-corrected chi connectivity index (χ0v) is 12.4. The Balaban J connectivity index is 2.10. The predicted molar refractivity (Wildman–Crippen MR) is 76.3 cm³/mol. The van der Waals surface area contributed by atoms with E-state index >= 15 is 0 Å². The summed E-state index contributed by atoms with van der Waals surface area (Å²) < 4.78 is 1.83. The summed E-state index contributed by atoms with van der Waals surface area (Å²) in [6.07, 6.45) is 3.23. The molecule has 1 aromatic heterocycles. The van der Waals surface area contributed by atoms with Gasteiger partial charge in [-0.25, -0.2) is 0 Å². The van der Waals surface area contributed by atoms with Crippen LogP contribution in [0.4, 0.5) is 0 Å². The number of likely N-dealkylation sites (N-methyl/N-ethyl adjacent to an activating group) is 1. The van der Waals surface area contributed by atoms with Crippen LogP contribution in [-0.2, 0) is 6.54 Å². The van der Waals surface area contributed by atoms with E-state index in [1.807, 2.05) is 18.8 Å². The third-order valence-electron chi connectivity index (χ3n) is 3.65. The number of aromatic nitrogens is 2. The molecule has 0 saturated carbocycles. The van der Waals surface area contributed by atoms with Gasteiger partial charge in [0.15, 0.2) is 0 Å². The summed E-state index contributed by atoms with van der Waals surface area (Å²) in [6, 6.07) is 0. The summed E-state index contributed by atoms with van der Waals surface area (Å²) in [5.74, 6) is 0.223. The van der Waals surface area contributed by atoms with Crippen molar-refractivity contribution in [2.75, 3.05) is 33.7 Å². The van der Waals surface area contributed by atoms with Gasteiger partial charge in [0.1, 0.15) is 6.10 Å². The van der Waals surface area contributed by atoms with Crippen LogP contribution in [0, 0.1) is 5.92 Å². The minimum absolute atomic E-state index is 0.223. The van der Waals surface area contributed by atoms with Gasteiger partial charge in [-0.1, -0.05) is 11.6 Å². The number of piperidine rings is 1. The molecule has 0 spiro atoms. The first-order chi connectivity index (χ1) is 9.09. The van der Waals surface area contributed by atoms with E-state index in [1.54, 1.807) is 6.20 Å². The monoisotopic (exact) mass is 286 g/mol. The van der Waals surface area contributed by atoms with Crippen molar-refractivity contribution in [1.29, 1.82) is 0 Å². The molecule has 1 aromatic rings. The lowest BCUT2D eigenvalue weighted by molar-refractivity contribution is 0.0834. The van der Waals surface area contributed by atoms with Gasteiger partial charge in [0.2, 0.25) is 0 Å². The average molecular weight is 287 g/mol. The average Bonchev–Trinajstić information content (AvgIpc) is 2.78. The quantitative estimate of drug-likeness (QED) is 0.852. The number of nitrogens with zero attached hydrogens (tertiary/aromatic N) is 3. The van der Waals surface area contributed by atoms with Gasteiger partial charge in [-0.2, -0.15) is 5.10 Å². The number of nitrogens with one attached hydrogen (secondary N) is 1. The van der Waals surface area contributed by atoms with Crippen molar-refractivity contribution in [2.45, 2.75) is 25.5 Å². The molecule has 0 amide bonds.